The smallest absolute Gasteiger partial charge is 0.166 e. The normalized spacial score (nSPS) is 10.7. The highest BCUT2D eigenvalue weighted by molar-refractivity contribution is 9.09. The minimum Gasteiger partial charge on any atom is -0.166 e. The molecule has 0 aliphatic carbocycles. The Bertz CT molecular complexity index is 415. The van der Waals surface area contributed by atoms with E-state index in [9.17, 15) is 13.2 Å². The van der Waals surface area contributed by atoms with Crippen LogP contribution in [0, 0.1) is 11.8 Å². The van der Waals surface area contributed by atoms with Crippen molar-refractivity contribution in [2.45, 2.75) is 6.18 Å². The van der Waals surface area contributed by atoms with Crippen LogP contribution in [0.1, 0.15) is 11.1 Å². The van der Waals surface area contributed by atoms with Gasteiger partial charge < -0.3 is 0 Å². The first-order chi connectivity index (χ1) is 6.95. The van der Waals surface area contributed by atoms with Crippen LogP contribution in [0.15, 0.2) is 18.2 Å². The van der Waals surface area contributed by atoms with E-state index >= 15 is 0 Å². The molecule has 0 saturated heterocycles. The van der Waals surface area contributed by atoms with Gasteiger partial charge in [0.1, 0.15) is 0 Å². The minimum absolute atomic E-state index is 0.297. The molecule has 0 nitrogen and oxygen atoms in total. The van der Waals surface area contributed by atoms with Crippen LogP contribution in [-0.2, 0) is 6.18 Å². The van der Waals surface area contributed by atoms with Gasteiger partial charge in [-0.1, -0.05) is 39.4 Å². The summed E-state index contributed by atoms with van der Waals surface area (Å²) < 4.78 is 37.2. The van der Waals surface area contributed by atoms with E-state index in [4.69, 9.17) is 11.6 Å². The molecule has 0 fully saturated rings. The van der Waals surface area contributed by atoms with Crippen molar-refractivity contribution >= 4 is 27.5 Å². The summed E-state index contributed by atoms with van der Waals surface area (Å²) in [6.07, 6.45) is -4.44. The average molecular weight is 298 g/mol. The van der Waals surface area contributed by atoms with Crippen LogP contribution in [0.25, 0.3) is 0 Å². The van der Waals surface area contributed by atoms with Crippen LogP contribution in [-0.4, -0.2) is 5.33 Å². The van der Waals surface area contributed by atoms with E-state index in [0.29, 0.717) is 10.9 Å². The Balaban J connectivity index is 3.17. The highest BCUT2D eigenvalue weighted by Crippen LogP contribution is 2.34. The quantitative estimate of drug-likeness (QED) is 0.499. The van der Waals surface area contributed by atoms with E-state index in [1.807, 2.05) is 0 Å². The summed E-state index contributed by atoms with van der Waals surface area (Å²) >= 11 is 8.49. The van der Waals surface area contributed by atoms with E-state index in [-0.39, 0.29) is 5.02 Å². The van der Waals surface area contributed by atoms with Crippen molar-refractivity contribution in [1.29, 1.82) is 0 Å². The molecule has 1 aromatic rings. The van der Waals surface area contributed by atoms with E-state index in [0.717, 1.165) is 6.07 Å². The maximum Gasteiger partial charge on any atom is 0.417 e. The van der Waals surface area contributed by atoms with E-state index in [1.165, 1.54) is 12.1 Å². The summed E-state index contributed by atoms with van der Waals surface area (Å²) in [5, 5.41) is 0.101. The number of benzene rings is 1. The Labute approximate surface area is 98.6 Å². The zero-order chi connectivity index (χ0) is 11.5. The Kier molecular flexibility index (Phi) is 4.06. The molecule has 0 aliphatic heterocycles. The molecule has 0 aliphatic rings. The van der Waals surface area contributed by atoms with Crippen LogP contribution < -0.4 is 0 Å². The predicted octanol–water partition coefficient (Wildman–Crippen LogP) is 4.11. The lowest BCUT2D eigenvalue weighted by atomic mass is 10.1. The summed E-state index contributed by atoms with van der Waals surface area (Å²) in [6.45, 7) is 0. The molecule has 0 heterocycles. The molecule has 1 aromatic carbocycles. The molecule has 15 heavy (non-hydrogen) atoms. The van der Waals surface area contributed by atoms with Crippen molar-refractivity contribution in [3.63, 3.8) is 0 Å². The number of alkyl halides is 4. The second-order valence-electron chi connectivity index (χ2n) is 2.63. The van der Waals surface area contributed by atoms with Crippen LogP contribution in [0.3, 0.4) is 0 Å². The van der Waals surface area contributed by atoms with Crippen molar-refractivity contribution in [3.8, 4) is 11.8 Å². The molecule has 0 unspecified atom stereocenters. The average Bonchev–Trinajstić information content (AvgIpc) is 2.15. The standard InChI is InChI=1S/C10H5BrClF3/c11-5-1-2-7-3-4-9(12)8(6-7)10(13,14)15/h3-4,6H,5H2. The lowest BCUT2D eigenvalue weighted by Gasteiger charge is -2.08. The highest BCUT2D eigenvalue weighted by Gasteiger charge is 2.33. The first-order valence-corrected chi connectivity index (χ1v) is 5.36. The lowest BCUT2D eigenvalue weighted by Crippen LogP contribution is -2.06. The van der Waals surface area contributed by atoms with Crippen molar-refractivity contribution in [1.82, 2.24) is 0 Å². The molecule has 80 valence electrons. The van der Waals surface area contributed by atoms with E-state index in [1.54, 1.807) is 0 Å². The molecule has 0 spiro atoms. The maximum atomic E-state index is 12.4. The van der Waals surface area contributed by atoms with Gasteiger partial charge in [0.05, 0.1) is 15.9 Å². The summed E-state index contributed by atoms with van der Waals surface area (Å²) in [6, 6.07) is 3.59. The van der Waals surface area contributed by atoms with Gasteiger partial charge in [-0.2, -0.15) is 13.2 Å². The van der Waals surface area contributed by atoms with Crippen LogP contribution in [0.4, 0.5) is 13.2 Å². The fourth-order valence-corrected chi connectivity index (χ4v) is 1.32. The predicted molar refractivity (Wildman–Crippen MR) is 57.1 cm³/mol. The van der Waals surface area contributed by atoms with Crippen LogP contribution in [0.5, 0.6) is 0 Å². The molecular weight excluding hydrogens is 292 g/mol. The van der Waals surface area contributed by atoms with Crippen LogP contribution in [0.2, 0.25) is 5.02 Å². The summed E-state index contributed by atoms with van der Waals surface area (Å²) in [4.78, 5) is 0. The maximum absolute atomic E-state index is 12.4. The second kappa shape index (κ2) is 4.91. The number of halogens is 5. The highest BCUT2D eigenvalue weighted by atomic mass is 79.9. The molecule has 0 saturated carbocycles. The molecule has 0 radical (unpaired) electrons. The molecule has 1 rings (SSSR count). The zero-order valence-electron chi connectivity index (χ0n) is 7.33. The molecular formula is C10H5BrClF3. The molecule has 0 N–H and O–H groups in total. The third kappa shape index (κ3) is 3.44. The Morgan fingerprint density at radius 2 is 2.00 bits per heavy atom. The van der Waals surface area contributed by atoms with Gasteiger partial charge in [-0.3, -0.25) is 0 Å². The SMILES string of the molecule is FC(F)(F)c1cc(C#CCBr)ccc1Cl. The van der Waals surface area contributed by atoms with Crippen molar-refractivity contribution < 1.29 is 13.2 Å². The molecule has 5 heteroatoms. The van der Waals surface area contributed by atoms with Gasteiger partial charge in [-0.15, -0.1) is 0 Å². The van der Waals surface area contributed by atoms with E-state index in [2.05, 4.69) is 27.8 Å². The number of hydrogen-bond donors (Lipinski definition) is 0. The third-order valence-corrected chi connectivity index (χ3v) is 2.18. The number of hydrogen-bond acceptors (Lipinski definition) is 0. The fourth-order valence-electron chi connectivity index (χ4n) is 0.956. The lowest BCUT2D eigenvalue weighted by molar-refractivity contribution is -0.137. The van der Waals surface area contributed by atoms with Gasteiger partial charge in [-0.25, -0.2) is 0 Å². The van der Waals surface area contributed by atoms with Gasteiger partial charge in [0.25, 0.3) is 0 Å². The first kappa shape index (κ1) is 12.4. The number of rotatable bonds is 0. The summed E-state index contributed by atoms with van der Waals surface area (Å²) in [5.41, 5.74) is -0.559. The topological polar surface area (TPSA) is 0 Å². The van der Waals surface area contributed by atoms with Crippen molar-refractivity contribution in [2.24, 2.45) is 0 Å². The largest absolute Gasteiger partial charge is 0.417 e. The molecule has 0 aromatic heterocycles. The van der Waals surface area contributed by atoms with Gasteiger partial charge in [0.15, 0.2) is 0 Å². The molecule has 0 bridgehead atoms. The summed E-state index contributed by atoms with van der Waals surface area (Å²) in [7, 11) is 0. The van der Waals surface area contributed by atoms with Gasteiger partial charge in [-0.05, 0) is 18.2 Å². The Hall–Kier alpha value is -0.660. The van der Waals surface area contributed by atoms with E-state index < -0.39 is 11.7 Å². The Morgan fingerprint density at radius 1 is 1.33 bits per heavy atom. The first-order valence-electron chi connectivity index (χ1n) is 3.86. The second-order valence-corrected chi connectivity index (χ2v) is 3.60. The van der Waals surface area contributed by atoms with Crippen molar-refractivity contribution in [3.05, 3.63) is 34.3 Å². The fraction of sp³-hybridized carbons (Fsp3) is 0.200. The third-order valence-electron chi connectivity index (χ3n) is 1.57. The van der Waals surface area contributed by atoms with Gasteiger partial charge in [0.2, 0.25) is 0 Å². The minimum atomic E-state index is -4.44. The summed E-state index contributed by atoms with van der Waals surface area (Å²) in [5.74, 6) is 5.20. The monoisotopic (exact) mass is 296 g/mol. The zero-order valence-corrected chi connectivity index (χ0v) is 9.67. The molecule has 0 atom stereocenters. The Morgan fingerprint density at radius 3 is 2.53 bits per heavy atom. The van der Waals surface area contributed by atoms with Crippen molar-refractivity contribution in [2.75, 3.05) is 5.33 Å². The van der Waals surface area contributed by atoms with Crippen LogP contribution >= 0.6 is 27.5 Å². The van der Waals surface area contributed by atoms with Gasteiger partial charge in [0, 0.05) is 5.56 Å². The van der Waals surface area contributed by atoms with Gasteiger partial charge >= 0.3 is 6.18 Å². The molecule has 0 amide bonds.